The smallest absolute Gasteiger partial charge is 0.387 e. The number of aromatic nitrogens is 2. The molecule has 0 amide bonds. The van der Waals surface area contributed by atoms with Gasteiger partial charge in [-0.15, -0.1) is 6.58 Å². The third kappa shape index (κ3) is 4.53. The summed E-state index contributed by atoms with van der Waals surface area (Å²) in [7, 11) is -2.14. The van der Waals surface area contributed by atoms with Crippen molar-refractivity contribution >= 4 is 31.0 Å². The first-order valence-corrected chi connectivity index (χ1v) is 14.7. The first-order valence-electron chi connectivity index (χ1n) is 11.5. The summed E-state index contributed by atoms with van der Waals surface area (Å²) >= 11 is 6.35. The molecule has 34 heavy (non-hydrogen) atoms. The van der Waals surface area contributed by atoms with Gasteiger partial charge >= 0.3 is 6.61 Å². The maximum absolute atomic E-state index is 13.4. The van der Waals surface area contributed by atoms with E-state index in [1.807, 2.05) is 24.3 Å². The summed E-state index contributed by atoms with van der Waals surface area (Å²) in [5.41, 5.74) is 3.25. The van der Waals surface area contributed by atoms with Crippen LogP contribution in [0.5, 0.6) is 5.75 Å². The summed E-state index contributed by atoms with van der Waals surface area (Å²) < 4.78 is 40.7. The number of rotatable bonds is 7. The molecule has 0 bridgehead atoms. The van der Waals surface area contributed by atoms with Crippen molar-refractivity contribution in [3.05, 3.63) is 71.0 Å². The van der Waals surface area contributed by atoms with Crippen LogP contribution in [0.1, 0.15) is 56.3 Å². The lowest BCUT2D eigenvalue weighted by Crippen LogP contribution is -2.41. The molecule has 2 aromatic carbocycles. The van der Waals surface area contributed by atoms with Crippen molar-refractivity contribution in [2.75, 3.05) is 0 Å². The van der Waals surface area contributed by atoms with Crippen molar-refractivity contribution < 1.29 is 17.9 Å². The maximum atomic E-state index is 13.4. The number of halogens is 3. The Labute approximate surface area is 205 Å². The predicted molar refractivity (Wildman–Crippen MR) is 135 cm³/mol. The van der Waals surface area contributed by atoms with Crippen LogP contribution in [0.15, 0.2) is 49.1 Å². The van der Waals surface area contributed by atoms with Gasteiger partial charge in [-0.2, -0.15) is 8.78 Å². The van der Waals surface area contributed by atoms with Gasteiger partial charge in [0, 0.05) is 17.0 Å². The lowest BCUT2D eigenvalue weighted by atomic mass is 9.94. The molecule has 2 atom stereocenters. The van der Waals surface area contributed by atoms with E-state index >= 15 is 0 Å². The van der Waals surface area contributed by atoms with Crippen LogP contribution >= 0.6 is 11.6 Å². The number of fused-ring (bicyclic) bond motifs is 3. The SMILES string of the molecule is C=CCc1cccc(OC(F)F)c1[C@H]1C[C@H](O[Si](C)(C)C(C)(C)C)c2nc3ccc(Cl)cc3n21. The van der Waals surface area contributed by atoms with E-state index in [4.69, 9.17) is 25.7 Å². The topological polar surface area (TPSA) is 36.3 Å². The number of hydrogen-bond donors (Lipinski definition) is 0. The summed E-state index contributed by atoms with van der Waals surface area (Å²) in [5.74, 6) is 0.964. The van der Waals surface area contributed by atoms with E-state index in [2.05, 4.69) is 45.0 Å². The van der Waals surface area contributed by atoms with Gasteiger partial charge in [0.05, 0.1) is 17.1 Å². The average molecular weight is 505 g/mol. The fourth-order valence-corrected chi connectivity index (χ4v) is 5.87. The number of alkyl halides is 2. The molecular weight excluding hydrogens is 474 g/mol. The highest BCUT2D eigenvalue weighted by atomic mass is 35.5. The quantitative estimate of drug-likeness (QED) is 0.241. The van der Waals surface area contributed by atoms with Gasteiger partial charge in [-0.05, 0) is 54.4 Å². The number of ether oxygens (including phenoxy) is 1. The van der Waals surface area contributed by atoms with Crippen LogP contribution in [0.4, 0.5) is 8.78 Å². The van der Waals surface area contributed by atoms with Gasteiger partial charge in [0.2, 0.25) is 0 Å². The van der Waals surface area contributed by atoms with E-state index in [9.17, 15) is 8.78 Å². The number of nitrogens with zero attached hydrogens (tertiary/aromatic N) is 2. The Kier molecular flexibility index (Phi) is 6.66. The fourth-order valence-electron chi connectivity index (χ4n) is 4.43. The standard InChI is InChI=1S/C26H31ClF2N2O2Si/c1-7-9-16-10-8-11-21(32-25(28)29)23(16)20-15-22(33-34(5,6)26(2,3)4)24-30-18-13-12-17(27)14-19(18)31(20)24/h7-8,10-14,20,22,25H,1,9,15H2,2-6H3/t20-,22+/m1/s1. The van der Waals surface area contributed by atoms with E-state index in [1.54, 1.807) is 18.2 Å². The van der Waals surface area contributed by atoms with Gasteiger partial charge in [0.15, 0.2) is 8.32 Å². The molecule has 0 spiro atoms. The second kappa shape index (κ2) is 9.09. The predicted octanol–water partition coefficient (Wildman–Crippen LogP) is 8.08. The number of hydrogen-bond acceptors (Lipinski definition) is 3. The molecular formula is C26H31ClF2N2O2Si. The molecule has 1 aliphatic rings. The zero-order valence-corrected chi connectivity index (χ0v) is 22.0. The number of imidazole rings is 1. The third-order valence-electron chi connectivity index (χ3n) is 7.03. The van der Waals surface area contributed by atoms with Gasteiger partial charge in [0.1, 0.15) is 17.7 Å². The molecule has 182 valence electrons. The molecule has 0 fully saturated rings. The summed E-state index contributed by atoms with van der Waals surface area (Å²) in [6, 6.07) is 10.5. The van der Waals surface area contributed by atoms with Gasteiger partial charge in [-0.3, -0.25) is 0 Å². The highest BCUT2D eigenvalue weighted by Gasteiger charge is 2.45. The third-order valence-corrected chi connectivity index (χ3v) is 11.8. The van der Waals surface area contributed by atoms with Crippen molar-refractivity contribution in [1.29, 1.82) is 0 Å². The lowest BCUT2D eigenvalue weighted by molar-refractivity contribution is -0.0507. The first kappa shape index (κ1) is 24.9. The molecule has 1 aliphatic heterocycles. The molecule has 0 radical (unpaired) electrons. The Morgan fingerprint density at radius 1 is 1.26 bits per heavy atom. The van der Waals surface area contributed by atoms with Crippen molar-refractivity contribution in [2.45, 2.75) is 70.5 Å². The van der Waals surface area contributed by atoms with Crippen LogP contribution in [0.3, 0.4) is 0 Å². The van der Waals surface area contributed by atoms with Gasteiger partial charge in [-0.1, -0.05) is 50.6 Å². The van der Waals surface area contributed by atoms with Crippen LogP contribution in [-0.4, -0.2) is 24.5 Å². The average Bonchev–Trinajstić information content (AvgIpc) is 3.25. The summed E-state index contributed by atoms with van der Waals surface area (Å²) in [4.78, 5) is 4.92. The Hall–Kier alpha value is -2.22. The molecule has 8 heteroatoms. The maximum Gasteiger partial charge on any atom is 0.387 e. The summed E-state index contributed by atoms with van der Waals surface area (Å²) in [6.07, 6.45) is 2.61. The summed E-state index contributed by atoms with van der Waals surface area (Å²) in [6.45, 7) is 11.9. The molecule has 0 N–H and O–H groups in total. The van der Waals surface area contributed by atoms with Gasteiger partial charge in [0.25, 0.3) is 0 Å². The normalized spacial score (nSPS) is 18.5. The van der Waals surface area contributed by atoms with Crippen molar-refractivity contribution in [2.24, 2.45) is 0 Å². The molecule has 1 aromatic heterocycles. The Morgan fingerprint density at radius 2 is 2.00 bits per heavy atom. The number of benzene rings is 2. The van der Waals surface area contributed by atoms with Crippen molar-refractivity contribution in [3.8, 4) is 5.75 Å². The summed E-state index contributed by atoms with van der Waals surface area (Å²) in [5, 5.41) is 0.599. The second-order valence-electron chi connectivity index (χ2n) is 10.3. The van der Waals surface area contributed by atoms with Gasteiger partial charge in [-0.25, -0.2) is 4.98 Å². The van der Waals surface area contributed by atoms with Crippen LogP contribution in [0, 0.1) is 0 Å². The van der Waals surface area contributed by atoms with E-state index in [-0.39, 0.29) is 22.9 Å². The van der Waals surface area contributed by atoms with Gasteiger partial charge < -0.3 is 13.7 Å². The van der Waals surface area contributed by atoms with E-state index in [0.717, 1.165) is 22.4 Å². The van der Waals surface area contributed by atoms with Crippen LogP contribution in [-0.2, 0) is 10.8 Å². The first-order chi connectivity index (χ1) is 15.9. The highest BCUT2D eigenvalue weighted by molar-refractivity contribution is 6.74. The van der Waals surface area contributed by atoms with E-state index < -0.39 is 14.9 Å². The van der Waals surface area contributed by atoms with Crippen molar-refractivity contribution in [1.82, 2.24) is 9.55 Å². The van der Waals surface area contributed by atoms with E-state index in [1.165, 1.54) is 0 Å². The zero-order chi connectivity index (χ0) is 24.8. The minimum Gasteiger partial charge on any atom is -0.434 e. The Bertz CT molecular complexity index is 1220. The lowest BCUT2D eigenvalue weighted by Gasteiger charge is -2.38. The Morgan fingerprint density at radius 3 is 2.65 bits per heavy atom. The molecule has 2 heterocycles. The Balaban J connectivity index is 1.92. The van der Waals surface area contributed by atoms with Crippen LogP contribution < -0.4 is 4.74 Å². The second-order valence-corrected chi connectivity index (χ2v) is 15.5. The molecule has 0 unspecified atom stereocenters. The largest absolute Gasteiger partial charge is 0.434 e. The van der Waals surface area contributed by atoms with Crippen LogP contribution in [0.25, 0.3) is 11.0 Å². The van der Waals surface area contributed by atoms with Crippen molar-refractivity contribution in [3.63, 3.8) is 0 Å². The van der Waals surface area contributed by atoms with Crippen LogP contribution in [0.2, 0.25) is 23.2 Å². The zero-order valence-electron chi connectivity index (χ0n) is 20.2. The highest BCUT2D eigenvalue weighted by Crippen LogP contribution is 2.50. The van der Waals surface area contributed by atoms with E-state index in [0.29, 0.717) is 23.4 Å². The fraction of sp³-hybridized carbons (Fsp3) is 0.423. The minimum atomic E-state index is -2.92. The molecule has 0 saturated heterocycles. The molecule has 0 aliphatic carbocycles. The minimum absolute atomic E-state index is 0.00986. The monoisotopic (exact) mass is 504 g/mol. The molecule has 4 nitrogen and oxygen atoms in total. The molecule has 0 saturated carbocycles. The number of allylic oxidation sites excluding steroid dienone is 1. The molecule has 3 aromatic rings. The molecule has 4 rings (SSSR count).